The molecule has 0 unspecified atom stereocenters. The molecule has 182 valence electrons. The summed E-state index contributed by atoms with van der Waals surface area (Å²) >= 11 is 0. The van der Waals surface area contributed by atoms with E-state index in [0.29, 0.717) is 30.4 Å². The van der Waals surface area contributed by atoms with Crippen molar-refractivity contribution in [2.24, 2.45) is 5.92 Å². The molecule has 3 aromatic carbocycles. The van der Waals surface area contributed by atoms with Gasteiger partial charge in [0.1, 0.15) is 5.83 Å². The summed E-state index contributed by atoms with van der Waals surface area (Å²) < 4.78 is 15.9. The predicted molar refractivity (Wildman–Crippen MR) is 144 cm³/mol. The number of halogens is 1. The number of fused-ring (bicyclic) bond motifs is 1. The molecule has 4 heteroatoms. The first-order valence-electron chi connectivity index (χ1n) is 12.6. The van der Waals surface area contributed by atoms with Crippen molar-refractivity contribution >= 4 is 22.6 Å². The summed E-state index contributed by atoms with van der Waals surface area (Å²) in [4.78, 5) is 17.7. The third-order valence-corrected chi connectivity index (χ3v) is 7.13. The highest BCUT2D eigenvalue weighted by atomic mass is 19.1. The molecular formula is C32H31FN2O. The van der Waals surface area contributed by atoms with Gasteiger partial charge in [0.25, 0.3) is 5.91 Å². The first-order chi connectivity index (χ1) is 17.5. The molecule has 1 aliphatic rings. The summed E-state index contributed by atoms with van der Waals surface area (Å²) in [5.41, 5.74) is 6.26. The van der Waals surface area contributed by atoms with E-state index < -0.39 is 0 Å². The van der Waals surface area contributed by atoms with Crippen LogP contribution in [-0.4, -0.2) is 16.9 Å². The lowest BCUT2D eigenvalue weighted by molar-refractivity contribution is 0.0927. The van der Waals surface area contributed by atoms with Crippen LogP contribution in [0.25, 0.3) is 16.7 Å². The number of hydrogen-bond donors (Lipinski definition) is 1. The molecule has 1 aromatic heterocycles. The Labute approximate surface area is 212 Å². The highest BCUT2D eigenvalue weighted by Gasteiger charge is 2.30. The zero-order valence-corrected chi connectivity index (χ0v) is 20.8. The van der Waals surface area contributed by atoms with Crippen molar-refractivity contribution < 1.29 is 9.18 Å². The van der Waals surface area contributed by atoms with Crippen LogP contribution < -0.4 is 5.32 Å². The van der Waals surface area contributed by atoms with Crippen molar-refractivity contribution in [3.63, 3.8) is 0 Å². The smallest absolute Gasteiger partial charge is 0.252 e. The van der Waals surface area contributed by atoms with Crippen LogP contribution in [0.15, 0.2) is 90.6 Å². The summed E-state index contributed by atoms with van der Waals surface area (Å²) in [6.07, 6.45) is 4.47. The molecule has 1 amide bonds. The van der Waals surface area contributed by atoms with E-state index in [2.05, 4.69) is 28.5 Å². The van der Waals surface area contributed by atoms with Crippen molar-refractivity contribution in [3.8, 4) is 0 Å². The van der Waals surface area contributed by atoms with Gasteiger partial charge in [-0.05, 0) is 80.9 Å². The molecule has 4 aromatic rings. The van der Waals surface area contributed by atoms with Crippen LogP contribution in [0.5, 0.6) is 0 Å². The lowest BCUT2D eigenvalue weighted by Crippen LogP contribution is -2.39. The number of carbonyl (C=O) groups is 1. The Morgan fingerprint density at radius 1 is 0.972 bits per heavy atom. The number of benzene rings is 3. The molecule has 0 spiro atoms. The minimum absolute atomic E-state index is 0.0152. The molecule has 1 N–H and O–H groups in total. The van der Waals surface area contributed by atoms with Gasteiger partial charge in [0.15, 0.2) is 0 Å². The largest absolute Gasteiger partial charge is 0.349 e. The Morgan fingerprint density at radius 3 is 2.47 bits per heavy atom. The lowest BCUT2D eigenvalue weighted by atomic mass is 9.77. The Balaban J connectivity index is 1.42. The number of carbonyl (C=O) groups excluding carboxylic acids is 1. The molecule has 1 saturated carbocycles. The van der Waals surface area contributed by atoms with Gasteiger partial charge in [-0.2, -0.15) is 0 Å². The van der Waals surface area contributed by atoms with Crippen LogP contribution in [-0.2, 0) is 6.42 Å². The molecule has 2 atom stereocenters. The van der Waals surface area contributed by atoms with E-state index >= 15 is 4.39 Å². The van der Waals surface area contributed by atoms with E-state index in [4.69, 9.17) is 0 Å². The van der Waals surface area contributed by atoms with Gasteiger partial charge in [-0.15, -0.1) is 0 Å². The Bertz CT molecular complexity index is 1400. The Morgan fingerprint density at radius 2 is 1.69 bits per heavy atom. The van der Waals surface area contributed by atoms with Crippen LogP contribution in [0.4, 0.5) is 4.39 Å². The highest BCUT2D eigenvalue weighted by molar-refractivity contribution is 6.06. The molecule has 0 radical (unpaired) electrons. The molecule has 5 rings (SSSR count). The van der Waals surface area contributed by atoms with Crippen LogP contribution >= 0.6 is 0 Å². The van der Waals surface area contributed by atoms with Crippen LogP contribution in [0.1, 0.15) is 51.9 Å². The zero-order valence-electron chi connectivity index (χ0n) is 20.8. The number of nitrogens with zero attached hydrogens (tertiary/aromatic N) is 1. The van der Waals surface area contributed by atoms with E-state index in [1.165, 1.54) is 5.56 Å². The molecule has 0 saturated heterocycles. The van der Waals surface area contributed by atoms with E-state index in [1.54, 1.807) is 12.3 Å². The van der Waals surface area contributed by atoms with E-state index in [-0.39, 0.29) is 23.7 Å². The summed E-state index contributed by atoms with van der Waals surface area (Å²) in [6.45, 7) is 4.01. The van der Waals surface area contributed by atoms with Crippen molar-refractivity contribution in [1.29, 1.82) is 0 Å². The van der Waals surface area contributed by atoms with Crippen molar-refractivity contribution in [1.82, 2.24) is 10.3 Å². The number of nitrogens with one attached hydrogen (secondary N) is 1. The van der Waals surface area contributed by atoms with Crippen molar-refractivity contribution in [2.45, 2.75) is 45.6 Å². The number of allylic oxidation sites excluding steroid dienone is 1. The SMILES string of the molecule is Cc1cc(C)cc(/C(F)=C2/CC[C@@H](NC(=O)c3ccnc4ccccc34)C[C@@H]2Cc2ccccc2)c1. The Hall–Kier alpha value is -3.79. The second kappa shape index (κ2) is 10.4. The summed E-state index contributed by atoms with van der Waals surface area (Å²) in [6, 6.07) is 25.6. The number of pyridine rings is 1. The van der Waals surface area contributed by atoms with Gasteiger partial charge in [-0.25, -0.2) is 4.39 Å². The first kappa shape index (κ1) is 23.9. The van der Waals surface area contributed by atoms with Crippen LogP contribution in [0.2, 0.25) is 0 Å². The van der Waals surface area contributed by atoms with Crippen molar-refractivity contribution in [3.05, 3.63) is 118 Å². The van der Waals surface area contributed by atoms with E-state index in [0.717, 1.165) is 34.0 Å². The van der Waals surface area contributed by atoms with Crippen LogP contribution in [0.3, 0.4) is 0 Å². The van der Waals surface area contributed by atoms with Gasteiger partial charge in [-0.1, -0.05) is 65.7 Å². The molecule has 1 aliphatic carbocycles. The van der Waals surface area contributed by atoms with Gasteiger partial charge in [0.05, 0.1) is 11.1 Å². The average Bonchev–Trinajstić information content (AvgIpc) is 2.88. The standard InChI is InChI=1S/C32H31FN2O/c1-21-16-22(2)18-25(17-21)31(33)27-13-12-26(20-24(27)19-23-8-4-3-5-9-23)35-32(36)29-14-15-34-30-11-7-6-10-28(29)30/h3-11,14-18,24,26H,12-13,19-20H2,1-2H3,(H,35,36)/b31-27+/t24-,26+/m0/s1. The first-order valence-corrected chi connectivity index (χ1v) is 12.6. The fourth-order valence-electron chi connectivity index (χ4n) is 5.51. The predicted octanol–water partition coefficient (Wildman–Crippen LogP) is 7.37. The molecule has 0 bridgehead atoms. The number of para-hydroxylation sites is 1. The average molecular weight is 479 g/mol. The minimum atomic E-state index is -0.104. The highest BCUT2D eigenvalue weighted by Crippen LogP contribution is 2.38. The van der Waals surface area contributed by atoms with E-state index in [1.807, 2.05) is 68.4 Å². The lowest BCUT2D eigenvalue weighted by Gasteiger charge is -2.33. The summed E-state index contributed by atoms with van der Waals surface area (Å²) in [7, 11) is 0. The topological polar surface area (TPSA) is 42.0 Å². The molecule has 36 heavy (non-hydrogen) atoms. The maximum absolute atomic E-state index is 15.9. The molecule has 1 heterocycles. The minimum Gasteiger partial charge on any atom is -0.349 e. The van der Waals surface area contributed by atoms with Crippen LogP contribution in [0, 0.1) is 19.8 Å². The summed E-state index contributed by atoms with van der Waals surface area (Å²) in [5, 5.41) is 4.09. The third kappa shape index (κ3) is 5.23. The number of rotatable bonds is 5. The monoisotopic (exact) mass is 478 g/mol. The maximum atomic E-state index is 15.9. The molecule has 3 nitrogen and oxygen atoms in total. The molecule has 1 fully saturated rings. The van der Waals surface area contributed by atoms with Gasteiger partial charge in [0, 0.05) is 23.2 Å². The maximum Gasteiger partial charge on any atom is 0.252 e. The van der Waals surface area contributed by atoms with Gasteiger partial charge in [-0.3, -0.25) is 9.78 Å². The fourth-order valence-corrected chi connectivity index (χ4v) is 5.51. The molecule has 0 aliphatic heterocycles. The number of aromatic nitrogens is 1. The zero-order chi connectivity index (χ0) is 25.1. The normalized spacial score (nSPS) is 19.2. The van der Waals surface area contributed by atoms with Gasteiger partial charge in [0.2, 0.25) is 0 Å². The van der Waals surface area contributed by atoms with Gasteiger partial charge >= 0.3 is 0 Å². The van der Waals surface area contributed by atoms with Crippen molar-refractivity contribution in [2.75, 3.05) is 0 Å². The number of aryl methyl sites for hydroxylation is 2. The summed E-state index contributed by atoms with van der Waals surface area (Å²) in [5.74, 6) is -0.187. The fraction of sp³-hybridized carbons (Fsp3) is 0.250. The third-order valence-electron chi connectivity index (χ3n) is 7.13. The second-order valence-corrected chi connectivity index (χ2v) is 9.92. The second-order valence-electron chi connectivity index (χ2n) is 9.92. The number of amides is 1. The van der Waals surface area contributed by atoms with E-state index in [9.17, 15) is 4.79 Å². The quantitative estimate of drug-likeness (QED) is 0.325. The van der Waals surface area contributed by atoms with Gasteiger partial charge < -0.3 is 5.32 Å². The number of hydrogen-bond acceptors (Lipinski definition) is 2. The Kier molecular flexibility index (Phi) is 6.95. The molecular weight excluding hydrogens is 447 g/mol.